The maximum atomic E-state index is 11.0. The fourth-order valence-corrected chi connectivity index (χ4v) is 3.65. The minimum atomic E-state index is -0.777. The van der Waals surface area contributed by atoms with Crippen molar-refractivity contribution in [2.45, 2.75) is 32.4 Å². The first-order valence-electron chi connectivity index (χ1n) is 6.14. The van der Waals surface area contributed by atoms with Crippen molar-refractivity contribution in [1.29, 1.82) is 0 Å². The van der Waals surface area contributed by atoms with E-state index in [0.717, 1.165) is 4.88 Å². The highest BCUT2D eigenvalue weighted by molar-refractivity contribution is 7.12. The van der Waals surface area contributed by atoms with Crippen molar-refractivity contribution >= 4 is 28.6 Å². The van der Waals surface area contributed by atoms with Crippen molar-refractivity contribution in [2.24, 2.45) is 0 Å². The van der Waals surface area contributed by atoms with Crippen LogP contribution in [0.25, 0.3) is 0 Å². The molecule has 19 heavy (non-hydrogen) atoms. The predicted molar refractivity (Wildman–Crippen MR) is 79.9 cm³/mol. The van der Waals surface area contributed by atoms with E-state index in [0.29, 0.717) is 0 Å². The molecule has 2 atom stereocenters. The van der Waals surface area contributed by atoms with Gasteiger partial charge in [-0.1, -0.05) is 6.07 Å². The van der Waals surface area contributed by atoms with Crippen molar-refractivity contribution in [1.82, 2.24) is 5.32 Å². The molecule has 0 amide bonds. The van der Waals surface area contributed by atoms with E-state index in [1.54, 1.807) is 22.7 Å². The molecule has 0 saturated carbocycles. The van der Waals surface area contributed by atoms with Crippen molar-refractivity contribution in [3.8, 4) is 0 Å². The smallest absolute Gasteiger partial charge is 0.305 e. The van der Waals surface area contributed by atoms with Gasteiger partial charge in [0.25, 0.3) is 0 Å². The quantitative estimate of drug-likeness (QED) is 0.847. The number of carboxylic acid groups (broad SMARTS) is 1. The first-order chi connectivity index (χ1) is 9.06. The molecule has 2 unspecified atom stereocenters. The number of hydrogen-bond donors (Lipinski definition) is 2. The summed E-state index contributed by atoms with van der Waals surface area (Å²) in [4.78, 5) is 14.6. The summed E-state index contributed by atoms with van der Waals surface area (Å²) in [6, 6.07) is 8.16. The summed E-state index contributed by atoms with van der Waals surface area (Å²) < 4.78 is 0. The van der Waals surface area contributed by atoms with E-state index in [4.69, 9.17) is 5.11 Å². The number of carbonyl (C=O) groups is 1. The topological polar surface area (TPSA) is 49.3 Å². The van der Waals surface area contributed by atoms with Gasteiger partial charge in [-0.3, -0.25) is 4.79 Å². The van der Waals surface area contributed by atoms with Crippen LogP contribution in [-0.2, 0) is 4.79 Å². The van der Waals surface area contributed by atoms with Crippen LogP contribution in [0.3, 0.4) is 0 Å². The monoisotopic (exact) mass is 295 g/mol. The highest BCUT2D eigenvalue weighted by atomic mass is 32.1. The Kier molecular flexibility index (Phi) is 4.74. The molecule has 0 saturated heterocycles. The fourth-order valence-electron chi connectivity index (χ4n) is 1.98. The molecule has 2 N–H and O–H groups in total. The minimum Gasteiger partial charge on any atom is -0.481 e. The van der Waals surface area contributed by atoms with Crippen molar-refractivity contribution in [3.63, 3.8) is 0 Å². The minimum absolute atomic E-state index is 0.106. The van der Waals surface area contributed by atoms with E-state index >= 15 is 0 Å². The Bertz CT molecular complexity index is 533. The summed E-state index contributed by atoms with van der Waals surface area (Å²) in [5.41, 5.74) is 0. The van der Waals surface area contributed by atoms with Gasteiger partial charge in [-0.2, -0.15) is 0 Å². The normalized spacial score (nSPS) is 14.2. The molecule has 0 fully saturated rings. The predicted octanol–water partition coefficient (Wildman–Crippen LogP) is 3.98. The largest absolute Gasteiger partial charge is 0.481 e. The molecule has 2 aromatic heterocycles. The van der Waals surface area contributed by atoms with E-state index in [2.05, 4.69) is 31.3 Å². The number of aliphatic carboxylic acids is 1. The second-order valence-electron chi connectivity index (χ2n) is 4.50. The van der Waals surface area contributed by atoms with Crippen LogP contribution >= 0.6 is 22.7 Å². The maximum Gasteiger partial charge on any atom is 0.305 e. The van der Waals surface area contributed by atoms with Crippen molar-refractivity contribution in [2.75, 3.05) is 0 Å². The molecule has 0 spiro atoms. The Balaban J connectivity index is 2.09. The van der Waals surface area contributed by atoms with Crippen LogP contribution in [0.15, 0.2) is 29.6 Å². The maximum absolute atomic E-state index is 11.0. The van der Waals surface area contributed by atoms with Crippen LogP contribution in [0.5, 0.6) is 0 Å². The zero-order valence-corrected chi connectivity index (χ0v) is 12.6. The molecule has 0 aliphatic carbocycles. The van der Waals surface area contributed by atoms with Gasteiger partial charge in [0.15, 0.2) is 0 Å². The fraction of sp³-hybridized carbons (Fsp3) is 0.357. The van der Waals surface area contributed by atoms with Gasteiger partial charge < -0.3 is 10.4 Å². The van der Waals surface area contributed by atoms with Crippen molar-refractivity contribution in [3.05, 3.63) is 44.3 Å². The highest BCUT2D eigenvalue weighted by Crippen LogP contribution is 2.28. The van der Waals surface area contributed by atoms with E-state index in [9.17, 15) is 4.79 Å². The lowest BCUT2D eigenvalue weighted by Crippen LogP contribution is -2.25. The Morgan fingerprint density at radius 1 is 1.37 bits per heavy atom. The lowest BCUT2D eigenvalue weighted by Gasteiger charge is -2.20. The molecule has 2 rings (SSSR count). The average Bonchev–Trinajstić information content (AvgIpc) is 2.97. The van der Waals surface area contributed by atoms with Gasteiger partial charge in [0.05, 0.1) is 12.5 Å². The Morgan fingerprint density at radius 2 is 2.16 bits per heavy atom. The van der Waals surface area contributed by atoms with E-state index in [1.807, 2.05) is 17.5 Å². The van der Waals surface area contributed by atoms with Gasteiger partial charge >= 0.3 is 5.97 Å². The zero-order valence-electron chi connectivity index (χ0n) is 10.9. The van der Waals surface area contributed by atoms with Gasteiger partial charge in [-0.25, -0.2) is 0 Å². The van der Waals surface area contributed by atoms with Crippen LogP contribution in [-0.4, -0.2) is 11.1 Å². The molecule has 0 aliphatic heterocycles. The third-order valence-corrected chi connectivity index (χ3v) is 5.07. The average molecular weight is 295 g/mol. The third-order valence-electron chi connectivity index (χ3n) is 2.90. The van der Waals surface area contributed by atoms with E-state index in [1.165, 1.54) is 9.75 Å². The lowest BCUT2D eigenvalue weighted by molar-refractivity contribution is -0.137. The summed E-state index contributed by atoms with van der Waals surface area (Å²) in [5, 5.41) is 14.4. The molecule has 102 valence electrons. The molecule has 0 aliphatic rings. The first-order valence-corrected chi connectivity index (χ1v) is 7.83. The number of carboxylic acids is 1. The standard InChI is InChI=1S/C14H17NO2S2/c1-9-5-6-12(19-9)10(2)15-11(8-14(16)17)13-4-3-7-18-13/h3-7,10-11,15H,8H2,1-2H3,(H,16,17). The summed E-state index contributed by atoms with van der Waals surface area (Å²) >= 11 is 3.34. The van der Waals surface area contributed by atoms with Gasteiger partial charge in [-0.15, -0.1) is 22.7 Å². The second-order valence-corrected chi connectivity index (χ2v) is 6.80. The molecule has 0 aromatic carbocycles. The van der Waals surface area contributed by atoms with Gasteiger partial charge in [0.2, 0.25) is 0 Å². The summed E-state index contributed by atoms with van der Waals surface area (Å²) in [6.45, 7) is 4.16. The molecule has 2 aromatic rings. The summed E-state index contributed by atoms with van der Waals surface area (Å²) in [7, 11) is 0. The van der Waals surface area contributed by atoms with Crippen LogP contribution in [0.1, 0.15) is 40.1 Å². The van der Waals surface area contributed by atoms with Crippen LogP contribution in [0.2, 0.25) is 0 Å². The third kappa shape index (κ3) is 3.89. The van der Waals surface area contributed by atoms with Crippen LogP contribution in [0, 0.1) is 6.92 Å². The van der Waals surface area contributed by atoms with Crippen LogP contribution in [0.4, 0.5) is 0 Å². The van der Waals surface area contributed by atoms with E-state index in [-0.39, 0.29) is 18.5 Å². The number of rotatable bonds is 6. The number of nitrogens with one attached hydrogen (secondary N) is 1. The molecular formula is C14H17NO2S2. The molecule has 5 heteroatoms. The second kappa shape index (κ2) is 6.32. The van der Waals surface area contributed by atoms with Crippen molar-refractivity contribution < 1.29 is 9.90 Å². The number of hydrogen-bond acceptors (Lipinski definition) is 4. The van der Waals surface area contributed by atoms with Gasteiger partial charge in [0.1, 0.15) is 0 Å². The van der Waals surface area contributed by atoms with Gasteiger partial charge in [-0.05, 0) is 37.4 Å². The zero-order chi connectivity index (χ0) is 13.8. The van der Waals surface area contributed by atoms with E-state index < -0.39 is 5.97 Å². The summed E-state index contributed by atoms with van der Waals surface area (Å²) in [5.74, 6) is -0.777. The SMILES string of the molecule is Cc1ccc(C(C)NC(CC(=O)O)c2cccs2)s1. The summed E-state index contributed by atoms with van der Waals surface area (Å²) in [6.07, 6.45) is 0.106. The molecule has 0 radical (unpaired) electrons. The molecular weight excluding hydrogens is 278 g/mol. The van der Waals surface area contributed by atoms with Gasteiger partial charge in [0, 0.05) is 20.7 Å². The molecule has 3 nitrogen and oxygen atoms in total. The molecule has 0 bridgehead atoms. The first kappa shape index (κ1) is 14.2. The Morgan fingerprint density at radius 3 is 2.68 bits per heavy atom. The Hall–Kier alpha value is -1.17. The van der Waals surface area contributed by atoms with Crippen LogP contribution < -0.4 is 5.32 Å². The lowest BCUT2D eigenvalue weighted by atomic mass is 10.1. The molecule has 2 heterocycles. The number of aryl methyl sites for hydroxylation is 1. The number of thiophene rings is 2. The highest BCUT2D eigenvalue weighted by Gasteiger charge is 2.19. The Labute approximate surface area is 120 Å².